The monoisotopic (exact) mass is 645 g/mol. The number of nitrogens with one attached hydrogen (secondary N) is 1. The number of hydrogen-bond donors (Lipinski definition) is 1. The minimum atomic E-state index is -4.19. The minimum Gasteiger partial charge on any atom is -0.354 e. The molecule has 0 aliphatic heterocycles. The molecule has 0 bridgehead atoms. The lowest BCUT2D eigenvalue weighted by molar-refractivity contribution is -0.140. The summed E-state index contributed by atoms with van der Waals surface area (Å²) in [5.74, 6) is -0.597. The Morgan fingerprint density at radius 3 is 2.09 bits per heavy atom. The van der Waals surface area contributed by atoms with Gasteiger partial charge < -0.3 is 10.2 Å². The smallest absolute Gasteiger partial charge is 0.264 e. The summed E-state index contributed by atoms with van der Waals surface area (Å²) < 4.78 is 29.3. The van der Waals surface area contributed by atoms with Gasteiger partial charge in [-0.2, -0.15) is 0 Å². The molecule has 0 fully saturated rings. The molecule has 9 heteroatoms. The van der Waals surface area contributed by atoms with Gasteiger partial charge in [-0.15, -0.1) is 0 Å². The van der Waals surface area contributed by atoms with E-state index in [4.69, 9.17) is 11.6 Å². The predicted molar refractivity (Wildman–Crippen MR) is 181 cm³/mol. The first-order valence-corrected chi connectivity index (χ1v) is 16.8. The zero-order valence-electron chi connectivity index (χ0n) is 26.1. The van der Waals surface area contributed by atoms with Gasteiger partial charge in [0.1, 0.15) is 12.6 Å². The van der Waals surface area contributed by atoms with Gasteiger partial charge in [0.05, 0.1) is 10.6 Å². The van der Waals surface area contributed by atoms with Crippen molar-refractivity contribution in [2.45, 2.75) is 51.6 Å². The van der Waals surface area contributed by atoms with Crippen molar-refractivity contribution in [3.05, 3.63) is 130 Å². The molecule has 7 nitrogen and oxygen atoms in total. The molecule has 2 amide bonds. The first kappa shape index (κ1) is 33.7. The van der Waals surface area contributed by atoms with Crippen molar-refractivity contribution in [1.29, 1.82) is 0 Å². The van der Waals surface area contributed by atoms with Crippen LogP contribution >= 0.6 is 11.6 Å². The number of aryl methyl sites for hydroxylation is 2. The summed E-state index contributed by atoms with van der Waals surface area (Å²) in [6, 6.07) is 29.2. The molecule has 45 heavy (non-hydrogen) atoms. The van der Waals surface area contributed by atoms with Gasteiger partial charge in [-0.3, -0.25) is 13.9 Å². The Morgan fingerprint density at radius 2 is 1.47 bits per heavy atom. The molecular weight excluding hydrogens is 606 g/mol. The third-order valence-electron chi connectivity index (χ3n) is 7.40. The molecule has 0 saturated heterocycles. The number of anilines is 1. The second kappa shape index (κ2) is 15.2. The summed E-state index contributed by atoms with van der Waals surface area (Å²) in [5.41, 5.74) is 3.95. The molecule has 0 saturated carbocycles. The molecule has 0 spiro atoms. The van der Waals surface area contributed by atoms with Crippen molar-refractivity contribution in [3.63, 3.8) is 0 Å². The fourth-order valence-electron chi connectivity index (χ4n) is 4.91. The van der Waals surface area contributed by atoms with E-state index >= 15 is 0 Å². The van der Waals surface area contributed by atoms with E-state index in [1.54, 1.807) is 18.2 Å². The number of hydrogen-bond acceptors (Lipinski definition) is 4. The SMILES string of the molecule is Cc1ccc(CN(C(=O)CN(c2cccc(C)c2)S(=O)(=O)c2ccc(Cl)cc2)C(Cc2ccccc2)C(=O)NCC(C)C)cc1. The van der Waals surface area contributed by atoms with Crippen molar-refractivity contribution in [2.75, 3.05) is 17.4 Å². The molecule has 0 aliphatic carbocycles. The summed E-state index contributed by atoms with van der Waals surface area (Å²) in [5, 5.41) is 3.41. The summed E-state index contributed by atoms with van der Waals surface area (Å²) in [6.07, 6.45) is 0.261. The maximum Gasteiger partial charge on any atom is 0.264 e. The molecular formula is C36H40ClN3O4S. The topological polar surface area (TPSA) is 86.8 Å². The van der Waals surface area contributed by atoms with Crippen LogP contribution in [0.15, 0.2) is 108 Å². The van der Waals surface area contributed by atoms with E-state index in [1.165, 1.54) is 29.2 Å². The van der Waals surface area contributed by atoms with Crippen molar-refractivity contribution < 1.29 is 18.0 Å². The number of rotatable bonds is 13. The first-order valence-electron chi connectivity index (χ1n) is 15.0. The molecule has 236 valence electrons. The molecule has 0 aliphatic rings. The summed E-state index contributed by atoms with van der Waals surface area (Å²) >= 11 is 6.06. The quantitative estimate of drug-likeness (QED) is 0.178. The number of benzene rings is 4. The highest BCUT2D eigenvalue weighted by molar-refractivity contribution is 7.92. The van der Waals surface area contributed by atoms with E-state index in [2.05, 4.69) is 5.32 Å². The summed E-state index contributed by atoms with van der Waals surface area (Å²) in [6.45, 7) is 7.89. The lowest BCUT2D eigenvalue weighted by Crippen LogP contribution is -2.53. The normalized spacial score (nSPS) is 12.0. The van der Waals surface area contributed by atoms with Gasteiger partial charge in [-0.1, -0.05) is 97.7 Å². The Balaban J connectivity index is 1.79. The fourth-order valence-corrected chi connectivity index (χ4v) is 6.44. The van der Waals surface area contributed by atoms with Gasteiger partial charge in [0.25, 0.3) is 10.0 Å². The second-order valence-electron chi connectivity index (χ2n) is 11.7. The van der Waals surface area contributed by atoms with E-state index in [1.807, 2.05) is 88.4 Å². The van der Waals surface area contributed by atoms with E-state index in [0.717, 1.165) is 26.6 Å². The number of carbonyl (C=O) groups excluding carboxylic acids is 2. The Hall–Kier alpha value is -4.14. The maximum atomic E-state index is 14.5. The Morgan fingerprint density at radius 1 is 0.800 bits per heavy atom. The molecule has 0 aromatic heterocycles. The molecule has 4 rings (SSSR count). The van der Waals surface area contributed by atoms with Crippen LogP contribution in [0.3, 0.4) is 0 Å². The molecule has 0 heterocycles. The van der Waals surface area contributed by atoms with Crippen molar-refractivity contribution in [3.8, 4) is 0 Å². The third kappa shape index (κ3) is 9.19. The van der Waals surface area contributed by atoms with Crippen LogP contribution in [0.2, 0.25) is 5.02 Å². The van der Waals surface area contributed by atoms with Crippen LogP contribution in [-0.4, -0.2) is 44.3 Å². The Bertz CT molecular complexity index is 1690. The van der Waals surface area contributed by atoms with Gasteiger partial charge in [-0.25, -0.2) is 8.42 Å². The number of amides is 2. The lowest BCUT2D eigenvalue weighted by atomic mass is 10.0. The fraction of sp³-hybridized carbons (Fsp3) is 0.278. The van der Waals surface area contributed by atoms with Crippen LogP contribution in [0.5, 0.6) is 0 Å². The molecule has 0 radical (unpaired) electrons. The van der Waals surface area contributed by atoms with E-state index in [-0.39, 0.29) is 29.7 Å². The number of carbonyl (C=O) groups is 2. The van der Waals surface area contributed by atoms with Gasteiger partial charge in [0.2, 0.25) is 11.8 Å². The minimum absolute atomic E-state index is 0.00167. The first-order chi connectivity index (χ1) is 21.4. The number of sulfonamides is 1. The molecule has 1 N–H and O–H groups in total. The predicted octanol–water partition coefficient (Wildman–Crippen LogP) is 6.56. The average Bonchev–Trinajstić information content (AvgIpc) is 3.01. The Kier molecular flexibility index (Phi) is 11.4. The lowest BCUT2D eigenvalue weighted by Gasteiger charge is -2.34. The second-order valence-corrected chi connectivity index (χ2v) is 14.0. The maximum absolute atomic E-state index is 14.5. The van der Waals surface area contributed by atoms with Gasteiger partial charge in [0.15, 0.2) is 0 Å². The zero-order chi connectivity index (χ0) is 32.6. The van der Waals surface area contributed by atoms with E-state index in [9.17, 15) is 18.0 Å². The highest BCUT2D eigenvalue weighted by atomic mass is 35.5. The highest BCUT2D eigenvalue weighted by Crippen LogP contribution is 2.27. The van der Waals surface area contributed by atoms with Crippen molar-refractivity contribution in [1.82, 2.24) is 10.2 Å². The van der Waals surface area contributed by atoms with Crippen LogP contribution in [-0.2, 0) is 32.6 Å². The Labute approximate surface area is 271 Å². The molecule has 4 aromatic carbocycles. The average molecular weight is 646 g/mol. The molecule has 1 atom stereocenters. The third-order valence-corrected chi connectivity index (χ3v) is 9.44. The number of nitrogens with zero attached hydrogens (tertiary/aromatic N) is 2. The zero-order valence-corrected chi connectivity index (χ0v) is 27.7. The summed E-state index contributed by atoms with van der Waals surface area (Å²) in [4.78, 5) is 29.9. The van der Waals surface area contributed by atoms with Crippen LogP contribution in [0.1, 0.15) is 36.1 Å². The van der Waals surface area contributed by atoms with Crippen LogP contribution in [0.4, 0.5) is 5.69 Å². The van der Waals surface area contributed by atoms with Crippen LogP contribution in [0.25, 0.3) is 0 Å². The van der Waals surface area contributed by atoms with Crippen molar-refractivity contribution >= 4 is 39.1 Å². The number of halogens is 1. The molecule has 1 unspecified atom stereocenters. The van der Waals surface area contributed by atoms with Crippen LogP contribution in [0, 0.1) is 19.8 Å². The molecule has 4 aromatic rings. The largest absolute Gasteiger partial charge is 0.354 e. The standard InChI is InChI=1S/C36H40ClN3O4S/c1-26(2)23-38-36(42)34(22-29-10-6-5-7-11-29)39(24-30-15-13-27(3)14-16-30)35(41)25-40(32-12-8-9-28(4)21-32)45(43,44)33-19-17-31(37)18-20-33/h5-21,26,34H,22-25H2,1-4H3,(H,38,42). The van der Waals surface area contributed by atoms with Crippen LogP contribution < -0.4 is 9.62 Å². The van der Waals surface area contributed by atoms with E-state index in [0.29, 0.717) is 17.3 Å². The summed E-state index contributed by atoms with van der Waals surface area (Å²) in [7, 11) is -4.19. The van der Waals surface area contributed by atoms with Gasteiger partial charge >= 0.3 is 0 Å². The van der Waals surface area contributed by atoms with Gasteiger partial charge in [-0.05, 0) is 72.9 Å². The highest BCUT2D eigenvalue weighted by Gasteiger charge is 2.34. The van der Waals surface area contributed by atoms with Gasteiger partial charge in [0, 0.05) is 24.5 Å². The van der Waals surface area contributed by atoms with E-state index < -0.39 is 28.5 Å². The van der Waals surface area contributed by atoms with Crippen molar-refractivity contribution in [2.24, 2.45) is 5.92 Å².